The summed E-state index contributed by atoms with van der Waals surface area (Å²) in [4.78, 5) is 4.37. The molecule has 0 spiro atoms. The minimum Gasteiger partial charge on any atom is -0.361 e. The van der Waals surface area contributed by atoms with Gasteiger partial charge in [0.25, 0.3) is 0 Å². The number of rotatable bonds is 1. The lowest BCUT2D eigenvalue weighted by Crippen LogP contribution is -2.39. The molecule has 2 aromatic heterocycles. The highest BCUT2D eigenvalue weighted by atomic mass is 79.9. The average molecular weight is 321 g/mol. The zero-order chi connectivity index (χ0) is 13.7. The van der Waals surface area contributed by atoms with Gasteiger partial charge in [0, 0.05) is 22.6 Å². The minimum absolute atomic E-state index is 0.00584. The molecule has 2 heterocycles. The molecule has 0 saturated heterocycles. The van der Waals surface area contributed by atoms with Gasteiger partial charge in [-0.2, -0.15) is 0 Å². The molecular weight excluding hydrogens is 304 g/mol. The van der Waals surface area contributed by atoms with Crippen molar-refractivity contribution in [2.24, 2.45) is 0 Å². The molecule has 1 unspecified atom stereocenters. The second kappa shape index (κ2) is 4.17. The van der Waals surface area contributed by atoms with Crippen LogP contribution in [0.1, 0.15) is 44.1 Å². The molecule has 100 valence electrons. The third kappa shape index (κ3) is 2.02. The van der Waals surface area contributed by atoms with Crippen LogP contribution in [0.5, 0.6) is 0 Å². The Morgan fingerprint density at radius 3 is 2.84 bits per heavy atom. The fourth-order valence-corrected chi connectivity index (χ4v) is 4.24. The van der Waals surface area contributed by atoms with Gasteiger partial charge < -0.3 is 4.52 Å². The maximum absolute atomic E-state index is 5.45. The number of hydrogen-bond acceptors (Lipinski definition) is 3. The van der Waals surface area contributed by atoms with Crippen LogP contribution in [0.4, 0.5) is 0 Å². The first-order chi connectivity index (χ1) is 8.92. The smallest absolute Gasteiger partial charge is 0.145 e. The Morgan fingerprint density at radius 2 is 2.11 bits per heavy atom. The van der Waals surface area contributed by atoms with Gasteiger partial charge in [-0.25, -0.2) is 4.98 Å². The lowest BCUT2D eigenvalue weighted by molar-refractivity contribution is 0.231. The van der Waals surface area contributed by atoms with Crippen LogP contribution >= 0.6 is 15.9 Å². The van der Waals surface area contributed by atoms with E-state index in [1.807, 2.05) is 18.5 Å². The van der Waals surface area contributed by atoms with Gasteiger partial charge in [0.15, 0.2) is 0 Å². The molecule has 4 heteroatoms. The first-order valence-corrected chi connectivity index (χ1v) is 7.27. The zero-order valence-electron chi connectivity index (χ0n) is 11.4. The summed E-state index contributed by atoms with van der Waals surface area (Å²) in [6.45, 7) is 6.74. The maximum atomic E-state index is 5.45. The van der Waals surface area contributed by atoms with Gasteiger partial charge in [-0.3, -0.25) is 0 Å². The molecule has 19 heavy (non-hydrogen) atoms. The van der Waals surface area contributed by atoms with E-state index in [1.165, 1.54) is 11.1 Å². The van der Waals surface area contributed by atoms with Crippen LogP contribution in [0.15, 0.2) is 33.7 Å². The summed E-state index contributed by atoms with van der Waals surface area (Å²) < 4.78 is 6.39. The standard InChI is InChI=1S/C15H17BrN2O/c1-14(2)9-15(3,7-10-8-18-19-12(10)14)11-5-4-6-17-13(11)16/h4-6,8H,7,9H2,1-3H3. The molecular formula is C15H17BrN2O. The van der Waals surface area contributed by atoms with Gasteiger partial charge in [-0.1, -0.05) is 32.0 Å². The van der Waals surface area contributed by atoms with E-state index in [2.05, 4.69) is 52.9 Å². The van der Waals surface area contributed by atoms with Crippen molar-refractivity contribution in [3.63, 3.8) is 0 Å². The second-order valence-electron chi connectivity index (χ2n) is 6.32. The molecule has 1 aliphatic carbocycles. The molecule has 0 amide bonds. The number of nitrogens with zero attached hydrogens (tertiary/aromatic N) is 2. The van der Waals surface area contributed by atoms with Crippen molar-refractivity contribution in [3.8, 4) is 0 Å². The van der Waals surface area contributed by atoms with Crippen LogP contribution in [0.25, 0.3) is 0 Å². The minimum atomic E-state index is -0.00584. The highest BCUT2D eigenvalue weighted by Crippen LogP contribution is 2.48. The van der Waals surface area contributed by atoms with Gasteiger partial charge >= 0.3 is 0 Å². The molecule has 0 bridgehead atoms. The Balaban J connectivity index is 2.11. The van der Waals surface area contributed by atoms with E-state index in [1.54, 1.807) is 0 Å². The highest BCUT2D eigenvalue weighted by Gasteiger charge is 2.44. The Hall–Kier alpha value is -1.16. The van der Waals surface area contributed by atoms with Crippen molar-refractivity contribution in [3.05, 3.63) is 46.0 Å². The average Bonchev–Trinajstić information content (AvgIpc) is 2.77. The van der Waals surface area contributed by atoms with Crippen LogP contribution in [0.3, 0.4) is 0 Å². The van der Waals surface area contributed by atoms with Gasteiger partial charge in [0.05, 0.1) is 6.20 Å². The lowest BCUT2D eigenvalue weighted by atomic mass is 9.62. The molecule has 3 rings (SSSR count). The van der Waals surface area contributed by atoms with E-state index < -0.39 is 0 Å². The normalized spacial score (nSPS) is 25.1. The third-order valence-corrected chi connectivity index (χ3v) is 4.71. The van der Waals surface area contributed by atoms with Crippen molar-refractivity contribution in [1.29, 1.82) is 0 Å². The zero-order valence-corrected chi connectivity index (χ0v) is 13.0. The molecule has 0 aliphatic heterocycles. The van der Waals surface area contributed by atoms with E-state index in [4.69, 9.17) is 4.52 Å². The molecule has 0 fully saturated rings. The van der Waals surface area contributed by atoms with E-state index in [0.29, 0.717) is 0 Å². The summed E-state index contributed by atoms with van der Waals surface area (Å²) in [5.41, 5.74) is 2.52. The van der Waals surface area contributed by atoms with Crippen LogP contribution in [-0.4, -0.2) is 10.1 Å². The lowest BCUT2D eigenvalue weighted by Gasteiger charge is -2.41. The first-order valence-electron chi connectivity index (χ1n) is 6.47. The summed E-state index contributed by atoms with van der Waals surface area (Å²) in [5, 5.41) is 3.98. The number of halogens is 1. The van der Waals surface area contributed by atoms with E-state index in [0.717, 1.165) is 23.2 Å². The number of pyridine rings is 1. The second-order valence-corrected chi connectivity index (χ2v) is 7.07. The first kappa shape index (κ1) is 12.9. The Labute approximate surface area is 121 Å². The monoisotopic (exact) mass is 320 g/mol. The van der Waals surface area contributed by atoms with E-state index in [-0.39, 0.29) is 10.8 Å². The molecule has 0 N–H and O–H groups in total. The van der Waals surface area contributed by atoms with Gasteiger partial charge in [-0.15, -0.1) is 0 Å². The van der Waals surface area contributed by atoms with E-state index >= 15 is 0 Å². The highest BCUT2D eigenvalue weighted by molar-refractivity contribution is 9.10. The molecule has 2 aromatic rings. The van der Waals surface area contributed by atoms with Crippen molar-refractivity contribution in [2.45, 2.75) is 44.4 Å². The topological polar surface area (TPSA) is 38.9 Å². The summed E-state index contributed by atoms with van der Waals surface area (Å²) in [6.07, 6.45) is 5.64. The van der Waals surface area contributed by atoms with Crippen LogP contribution in [0.2, 0.25) is 0 Å². The van der Waals surface area contributed by atoms with Crippen molar-refractivity contribution < 1.29 is 4.52 Å². The van der Waals surface area contributed by atoms with Crippen molar-refractivity contribution in [1.82, 2.24) is 10.1 Å². The quantitative estimate of drug-likeness (QED) is 0.745. The van der Waals surface area contributed by atoms with E-state index in [9.17, 15) is 0 Å². The number of aromatic nitrogens is 2. The summed E-state index contributed by atoms with van der Waals surface area (Å²) in [5.74, 6) is 1.03. The molecule has 0 saturated carbocycles. The molecule has 1 atom stereocenters. The largest absolute Gasteiger partial charge is 0.361 e. The summed E-state index contributed by atoms with van der Waals surface area (Å²) in [7, 11) is 0. The van der Waals surface area contributed by atoms with Gasteiger partial charge in [0.1, 0.15) is 10.4 Å². The predicted molar refractivity (Wildman–Crippen MR) is 77.1 cm³/mol. The molecule has 3 nitrogen and oxygen atoms in total. The fraction of sp³-hybridized carbons (Fsp3) is 0.467. The van der Waals surface area contributed by atoms with Gasteiger partial charge in [0.2, 0.25) is 0 Å². The van der Waals surface area contributed by atoms with Crippen LogP contribution in [0, 0.1) is 0 Å². The Morgan fingerprint density at radius 1 is 1.32 bits per heavy atom. The third-order valence-electron chi connectivity index (χ3n) is 4.08. The molecule has 0 aromatic carbocycles. The van der Waals surface area contributed by atoms with Crippen LogP contribution < -0.4 is 0 Å². The molecule has 1 aliphatic rings. The molecule has 0 radical (unpaired) electrons. The maximum Gasteiger partial charge on any atom is 0.145 e. The Kier molecular flexibility index (Phi) is 2.82. The summed E-state index contributed by atoms with van der Waals surface area (Å²) >= 11 is 3.59. The fourth-order valence-electron chi connectivity index (χ4n) is 3.51. The predicted octanol–water partition coefficient (Wildman–Crippen LogP) is 4.01. The summed E-state index contributed by atoms with van der Waals surface area (Å²) in [6, 6.07) is 4.16. The number of hydrogen-bond donors (Lipinski definition) is 0. The van der Waals surface area contributed by atoms with Crippen molar-refractivity contribution >= 4 is 15.9 Å². The van der Waals surface area contributed by atoms with Gasteiger partial charge in [-0.05, 0) is 40.4 Å². The SMILES string of the molecule is CC1(C)CC(C)(c2cccnc2Br)Cc2cnoc21. The van der Waals surface area contributed by atoms with Crippen LogP contribution in [-0.2, 0) is 17.3 Å². The van der Waals surface area contributed by atoms with Crippen molar-refractivity contribution in [2.75, 3.05) is 0 Å². The Bertz CT molecular complexity index is 620. The number of fused-ring (bicyclic) bond motifs is 1.